The van der Waals surface area contributed by atoms with Gasteiger partial charge < -0.3 is 10.2 Å². The normalized spacial score (nSPS) is 16.2. The van der Waals surface area contributed by atoms with Crippen LogP contribution in [-0.4, -0.2) is 32.4 Å². The highest BCUT2D eigenvalue weighted by Crippen LogP contribution is 2.39. The van der Waals surface area contributed by atoms with Crippen molar-refractivity contribution in [1.82, 2.24) is 20.0 Å². The maximum atomic E-state index is 12.5. The molecular weight excluding hydrogens is 412 g/mol. The number of para-hydroxylation sites is 1. The third-order valence-corrected chi connectivity index (χ3v) is 5.84. The Morgan fingerprint density at radius 3 is 2.65 bits per heavy atom. The van der Waals surface area contributed by atoms with Gasteiger partial charge in [0, 0.05) is 24.3 Å². The number of hydrogen-bond acceptors (Lipinski definition) is 5. The van der Waals surface area contributed by atoms with Crippen LogP contribution in [0.1, 0.15) is 54.5 Å². The van der Waals surface area contributed by atoms with Crippen molar-refractivity contribution in [3.63, 3.8) is 0 Å². The van der Waals surface area contributed by atoms with E-state index in [0.717, 1.165) is 48.7 Å². The predicted molar refractivity (Wildman–Crippen MR) is 123 cm³/mol. The SMILES string of the molecule is Cc1nn(CC(C)C)c(Cl)c1C1CCCN1c1ccc(C(=O)Nc2ccccc2)nn1. The summed E-state index contributed by atoms with van der Waals surface area (Å²) in [6.45, 7) is 7.97. The van der Waals surface area contributed by atoms with Crippen molar-refractivity contribution in [2.24, 2.45) is 5.92 Å². The van der Waals surface area contributed by atoms with Crippen LogP contribution >= 0.6 is 11.6 Å². The summed E-state index contributed by atoms with van der Waals surface area (Å²) in [6.07, 6.45) is 2.01. The molecule has 1 amide bonds. The Bertz CT molecular complexity index is 1050. The van der Waals surface area contributed by atoms with Gasteiger partial charge in [-0.05, 0) is 49.9 Å². The number of aromatic nitrogens is 4. The molecule has 3 aromatic rings. The molecule has 7 nitrogen and oxygen atoms in total. The number of aryl methyl sites for hydroxylation is 1. The van der Waals surface area contributed by atoms with Crippen LogP contribution in [0.2, 0.25) is 5.15 Å². The summed E-state index contributed by atoms with van der Waals surface area (Å²) >= 11 is 6.74. The van der Waals surface area contributed by atoms with Crippen molar-refractivity contribution in [3.8, 4) is 0 Å². The van der Waals surface area contributed by atoms with Gasteiger partial charge in [-0.3, -0.25) is 9.48 Å². The van der Waals surface area contributed by atoms with Crippen molar-refractivity contribution >= 4 is 29.0 Å². The molecule has 0 bridgehead atoms. The second-order valence-corrected chi connectivity index (χ2v) is 8.67. The highest BCUT2D eigenvalue weighted by molar-refractivity contribution is 6.30. The third kappa shape index (κ3) is 4.56. The summed E-state index contributed by atoms with van der Waals surface area (Å²) in [4.78, 5) is 14.7. The number of carbonyl (C=O) groups is 1. The van der Waals surface area contributed by atoms with Crippen molar-refractivity contribution in [2.45, 2.75) is 46.2 Å². The zero-order chi connectivity index (χ0) is 22.0. The van der Waals surface area contributed by atoms with E-state index in [4.69, 9.17) is 11.6 Å². The first kappa shape index (κ1) is 21.3. The lowest BCUT2D eigenvalue weighted by molar-refractivity contribution is 0.102. The molecule has 0 saturated carbocycles. The topological polar surface area (TPSA) is 75.9 Å². The Morgan fingerprint density at radius 1 is 1.19 bits per heavy atom. The minimum absolute atomic E-state index is 0.103. The second-order valence-electron chi connectivity index (χ2n) is 8.31. The molecule has 1 fully saturated rings. The number of amides is 1. The van der Waals surface area contributed by atoms with Gasteiger partial charge in [-0.15, -0.1) is 10.2 Å². The minimum Gasteiger partial charge on any atom is -0.348 e. The fourth-order valence-electron chi connectivity index (χ4n) is 4.07. The summed E-state index contributed by atoms with van der Waals surface area (Å²) in [5.74, 6) is 0.924. The zero-order valence-corrected chi connectivity index (χ0v) is 18.8. The van der Waals surface area contributed by atoms with E-state index in [1.54, 1.807) is 6.07 Å². The van der Waals surface area contributed by atoms with E-state index in [-0.39, 0.29) is 17.6 Å². The molecule has 2 aromatic heterocycles. The highest BCUT2D eigenvalue weighted by atomic mass is 35.5. The van der Waals surface area contributed by atoms with Crippen LogP contribution in [0, 0.1) is 12.8 Å². The Labute approximate surface area is 187 Å². The molecule has 3 heterocycles. The third-order valence-electron chi connectivity index (χ3n) is 5.44. The molecule has 31 heavy (non-hydrogen) atoms. The van der Waals surface area contributed by atoms with Gasteiger partial charge in [0.1, 0.15) is 5.15 Å². The molecule has 0 spiro atoms. The Hall–Kier alpha value is -2.93. The molecule has 1 saturated heterocycles. The zero-order valence-electron chi connectivity index (χ0n) is 18.0. The smallest absolute Gasteiger partial charge is 0.276 e. The molecule has 4 rings (SSSR count). The van der Waals surface area contributed by atoms with Crippen LogP contribution in [0.15, 0.2) is 42.5 Å². The van der Waals surface area contributed by atoms with Crippen LogP contribution < -0.4 is 10.2 Å². The maximum Gasteiger partial charge on any atom is 0.276 e. The summed E-state index contributed by atoms with van der Waals surface area (Å²) in [7, 11) is 0. The molecule has 1 aliphatic heterocycles. The number of hydrogen-bond donors (Lipinski definition) is 1. The molecule has 0 radical (unpaired) electrons. The van der Waals surface area contributed by atoms with Crippen LogP contribution in [0.25, 0.3) is 0 Å². The van der Waals surface area contributed by atoms with E-state index in [9.17, 15) is 4.79 Å². The first-order valence-electron chi connectivity index (χ1n) is 10.6. The van der Waals surface area contributed by atoms with Crippen molar-refractivity contribution in [2.75, 3.05) is 16.8 Å². The van der Waals surface area contributed by atoms with E-state index in [1.165, 1.54) is 0 Å². The minimum atomic E-state index is -0.280. The number of benzene rings is 1. The van der Waals surface area contributed by atoms with Crippen LogP contribution in [0.4, 0.5) is 11.5 Å². The van der Waals surface area contributed by atoms with Crippen molar-refractivity contribution in [1.29, 1.82) is 0 Å². The molecule has 8 heteroatoms. The number of nitrogens with zero attached hydrogens (tertiary/aromatic N) is 5. The highest BCUT2D eigenvalue weighted by Gasteiger charge is 2.32. The van der Waals surface area contributed by atoms with E-state index in [1.807, 2.05) is 48.0 Å². The molecule has 1 N–H and O–H groups in total. The van der Waals surface area contributed by atoms with Crippen LogP contribution in [0.5, 0.6) is 0 Å². The Balaban J connectivity index is 1.53. The van der Waals surface area contributed by atoms with Gasteiger partial charge in [0.15, 0.2) is 11.5 Å². The van der Waals surface area contributed by atoms with E-state index in [2.05, 4.69) is 39.4 Å². The fourth-order valence-corrected chi connectivity index (χ4v) is 4.44. The van der Waals surface area contributed by atoms with E-state index < -0.39 is 0 Å². The lowest BCUT2D eigenvalue weighted by atomic mass is 10.1. The maximum absolute atomic E-state index is 12.5. The van der Waals surface area contributed by atoms with Gasteiger partial charge in [0.05, 0.1) is 11.7 Å². The lowest BCUT2D eigenvalue weighted by Gasteiger charge is -2.25. The molecule has 1 atom stereocenters. The van der Waals surface area contributed by atoms with E-state index in [0.29, 0.717) is 11.1 Å². The summed E-state index contributed by atoms with van der Waals surface area (Å²) in [5, 5.41) is 16.7. The predicted octanol–water partition coefficient (Wildman–Crippen LogP) is 4.88. The fraction of sp³-hybridized carbons (Fsp3) is 0.391. The molecule has 1 unspecified atom stereocenters. The molecule has 162 valence electrons. The monoisotopic (exact) mass is 438 g/mol. The van der Waals surface area contributed by atoms with Gasteiger partial charge in [0.25, 0.3) is 5.91 Å². The Kier molecular flexibility index (Phi) is 6.23. The first-order valence-corrected chi connectivity index (χ1v) is 11.0. The van der Waals surface area contributed by atoms with Gasteiger partial charge in [0.2, 0.25) is 0 Å². The quantitative estimate of drug-likeness (QED) is 0.593. The molecular formula is C23H27ClN6O. The first-order chi connectivity index (χ1) is 14.9. The molecule has 0 aliphatic carbocycles. The lowest BCUT2D eigenvalue weighted by Crippen LogP contribution is -2.25. The molecule has 1 aromatic carbocycles. The number of carbonyl (C=O) groups excluding carboxylic acids is 1. The number of rotatable bonds is 6. The van der Waals surface area contributed by atoms with Gasteiger partial charge in [-0.1, -0.05) is 43.6 Å². The number of nitrogens with one attached hydrogen (secondary N) is 1. The van der Waals surface area contributed by atoms with Crippen LogP contribution in [0.3, 0.4) is 0 Å². The number of halogens is 1. The summed E-state index contributed by atoms with van der Waals surface area (Å²) in [6, 6.07) is 13.0. The van der Waals surface area contributed by atoms with Gasteiger partial charge in [-0.25, -0.2) is 0 Å². The van der Waals surface area contributed by atoms with E-state index >= 15 is 0 Å². The number of anilines is 2. The summed E-state index contributed by atoms with van der Waals surface area (Å²) in [5.41, 5.74) is 3.02. The van der Waals surface area contributed by atoms with Crippen molar-refractivity contribution in [3.05, 3.63) is 64.6 Å². The second kappa shape index (κ2) is 9.06. The average molecular weight is 439 g/mol. The Morgan fingerprint density at radius 2 is 1.97 bits per heavy atom. The largest absolute Gasteiger partial charge is 0.348 e. The molecule has 1 aliphatic rings. The average Bonchev–Trinajstić information content (AvgIpc) is 3.32. The summed E-state index contributed by atoms with van der Waals surface area (Å²) < 4.78 is 1.90. The van der Waals surface area contributed by atoms with Crippen molar-refractivity contribution < 1.29 is 4.79 Å². The van der Waals surface area contributed by atoms with Gasteiger partial charge >= 0.3 is 0 Å². The standard InChI is InChI=1S/C23H27ClN6O/c1-15(2)14-30-22(24)21(16(3)28-30)19-10-7-13-29(19)20-12-11-18(26-27-20)23(31)25-17-8-5-4-6-9-17/h4-6,8-9,11-12,15,19H,7,10,13-14H2,1-3H3,(H,25,31). The van der Waals surface area contributed by atoms with Crippen LogP contribution in [-0.2, 0) is 6.54 Å². The van der Waals surface area contributed by atoms with Gasteiger partial charge in [-0.2, -0.15) is 5.10 Å².